The van der Waals surface area contributed by atoms with Crippen molar-refractivity contribution in [2.45, 2.75) is 31.9 Å². The van der Waals surface area contributed by atoms with Crippen LogP contribution >= 0.6 is 0 Å². The summed E-state index contributed by atoms with van der Waals surface area (Å²) in [6, 6.07) is 6.85. The number of likely N-dealkylation sites (tertiary alicyclic amines) is 1. The summed E-state index contributed by atoms with van der Waals surface area (Å²) in [4.78, 5) is 14.8. The molecule has 162 valence electrons. The lowest BCUT2D eigenvalue weighted by atomic mass is 9.99. The molecule has 0 bridgehead atoms. The number of benzene rings is 1. The Labute approximate surface area is 174 Å². The molecule has 0 saturated carbocycles. The molecule has 8 heteroatoms. The molecule has 1 aromatic rings. The lowest BCUT2D eigenvalue weighted by molar-refractivity contribution is 0.0729. The first-order valence-electron chi connectivity index (χ1n) is 10.6. The number of morpholine rings is 1. The van der Waals surface area contributed by atoms with Gasteiger partial charge in [-0.15, -0.1) is 0 Å². The van der Waals surface area contributed by atoms with Gasteiger partial charge in [0.15, 0.2) is 0 Å². The lowest BCUT2D eigenvalue weighted by Crippen LogP contribution is -2.41. The van der Waals surface area contributed by atoms with Crippen LogP contribution in [0.15, 0.2) is 24.3 Å². The third kappa shape index (κ3) is 6.77. The van der Waals surface area contributed by atoms with E-state index in [2.05, 4.69) is 17.1 Å². The van der Waals surface area contributed by atoms with E-state index in [1.807, 2.05) is 0 Å². The number of carbonyl (C=O) groups is 1. The summed E-state index contributed by atoms with van der Waals surface area (Å²) in [5.74, 6) is 0.668. The van der Waals surface area contributed by atoms with Crippen LogP contribution in [-0.2, 0) is 20.5 Å². The van der Waals surface area contributed by atoms with Gasteiger partial charge >= 0.3 is 0 Å². The molecule has 2 fully saturated rings. The lowest BCUT2D eigenvalue weighted by Gasteiger charge is -2.30. The molecule has 2 aliphatic heterocycles. The fourth-order valence-corrected chi connectivity index (χ4v) is 5.27. The van der Waals surface area contributed by atoms with Gasteiger partial charge in [0, 0.05) is 25.2 Å². The second kappa shape index (κ2) is 10.5. The highest BCUT2D eigenvalue weighted by Crippen LogP contribution is 2.16. The van der Waals surface area contributed by atoms with Gasteiger partial charge < -0.3 is 15.0 Å². The minimum absolute atomic E-state index is 0.0522. The minimum atomic E-state index is -3.35. The minimum Gasteiger partial charge on any atom is -0.379 e. The van der Waals surface area contributed by atoms with Gasteiger partial charge in [-0.05, 0) is 62.5 Å². The van der Waals surface area contributed by atoms with Crippen molar-refractivity contribution in [3.63, 3.8) is 0 Å². The van der Waals surface area contributed by atoms with E-state index in [9.17, 15) is 13.2 Å². The van der Waals surface area contributed by atoms with Crippen molar-refractivity contribution in [3.8, 4) is 0 Å². The number of hydrogen-bond donors (Lipinski definition) is 1. The Balaban J connectivity index is 1.41. The van der Waals surface area contributed by atoms with E-state index in [4.69, 9.17) is 4.74 Å². The van der Waals surface area contributed by atoms with Gasteiger partial charge in [0.2, 0.25) is 10.0 Å². The van der Waals surface area contributed by atoms with Crippen molar-refractivity contribution in [2.24, 2.45) is 5.92 Å². The normalized spacial score (nSPS) is 19.9. The first-order chi connectivity index (χ1) is 13.9. The number of ether oxygens (including phenoxy) is 1. The summed E-state index contributed by atoms with van der Waals surface area (Å²) in [6.45, 7) is 7.97. The van der Waals surface area contributed by atoms with E-state index in [1.54, 1.807) is 24.3 Å². The number of nitrogens with one attached hydrogen (secondary N) is 1. The van der Waals surface area contributed by atoms with E-state index < -0.39 is 10.0 Å². The summed E-state index contributed by atoms with van der Waals surface area (Å²) < 4.78 is 31.7. The molecule has 2 aliphatic rings. The highest BCUT2D eigenvalue weighted by atomic mass is 32.2. The number of nitrogens with zero attached hydrogens (tertiary/aromatic N) is 2. The Bertz CT molecular complexity index is 753. The molecule has 1 aromatic carbocycles. The molecule has 0 radical (unpaired) electrons. The average Bonchev–Trinajstić information content (AvgIpc) is 2.73. The Morgan fingerprint density at radius 3 is 2.41 bits per heavy atom. The van der Waals surface area contributed by atoms with Crippen molar-refractivity contribution in [1.82, 2.24) is 14.5 Å². The quantitative estimate of drug-likeness (QED) is 0.644. The van der Waals surface area contributed by atoms with Crippen LogP contribution in [-0.4, -0.2) is 76.0 Å². The fourth-order valence-electron chi connectivity index (χ4n) is 3.77. The number of amides is 1. The first-order valence-corrected chi connectivity index (χ1v) is 12.2. The topological polar surface area (TPSA) is 79.0 Å². The monoisotopic (exact) mass is 423 g/mol. The molecule has 0 aliphatic carbocycles. The smallest absolute Gasteiger partial charge is 0.251 e. The fraction of sp³-hybridized carbons (Fsp3) is 0.667. The SMILES string of the molecule is CC1CCN(CCCNC(=O)c2ccc(CS(=O)(=O)N3CCOCC3)cc2)CC1. The van der Waals surface area contributed by atoms with Gasteiger partial charge in [-0.2, -0.15) is 4.31 Å². The van der Waals surface area contributed by atoms with Crippen molar-refractivity contribution in [2.75, 3.05) is 52.5 Å². The molecule has 2 heterocycles. The second-order valence-electron chi connectivity index (χ2n) is 8.10. The predicted molar refractivity (Wildman–Crippen MR) is 113 cm³/mol. The summed E-state index contributed by atoms with van der Waals surface area (Å²) in [7, 11) is -3.35. The van der Waals surface area contributed by atoms with Crippen LogP contribution in [0.5, 0.6) is 0 Å². The number of rotatable bonds is 8. The van der Waals surface area contributed by atoms with Crippen LogP contribution in [0.3, 0.4) is 0 Å². The Morgan fingerprint density at radius 2 is 1.76 bits per heavy atom. The van der Waals surface area contributed by atoms with E-state index in [0.29, 0.717) is 44.0 Å². The number of piperidine rings is 1. The molecule has 1 amide bonds. The largest absolute Gasteiger partial charge is 0.379 e. The van der Waals surface area contributed by atoms with Crippen molar-refractivity contribution >= 4 is 15.9 Å². The molecular formula is C21H33N3O4S. The number of carbonyl (C=O) groups excluding carboxylic acids is 1. The maximum absolute atomic E-state index is 12.5. The molecular weight excluding hydrogens is 390 g/mol. The third-order valence-electron chi connectivity index (χ3n) is 5.74. The maximum Gasteiger partial charge on any atom is 0.251 e. The van der Waals surface area contributed by atoms with Crippen LogP contribution in [0.1, 0.15) is 42.1 Å². The Kier molecular flexibility index (Phi) is 8.06. The highest BCUT2D eigenvalue weighted by molar-refractivity contribution is 7.88. The number of sulfonamides is 1. The summed E-state index contributed by atoms with van der Waals surface area (Å²) in [6.07, 6.45) is 3.47. The Morgan fingerprint density at radius 1 is 1.10 bits per heavy atom. The van der Waals surface area contributed by atoms with E-state index in [0.717, 1.165) is 32.0 Å². The third-order valence-corrected chi connectivity index (χ3v) is 7.59. The van der Waals surface area contributed by atoms with Crippen LogP contribution in [0.25, 0.3) is 0 Å². The summed E-state index contributed by atoms with van der Waals surface area (Å²) in [5.41, 5.74) is 1.25. The van der Waals surface area contributed by atoms with Crippen molar-refractivity contribution in [3.05, 3.63) is 35.4 Å². The second-order valence-corrected chi connectivity index (χ2v) is 10.1. The zero-order valence-corrected chi connectivity index (χ0v) is 18.1. The molecule has 0 unspecified atom stereocenters. The van der Waals surface area contributed by atoms with E-state index >= 15 is 0 Å². The van der Waals surface area contributed by atoms with Gasteiger partial charge in [-0.1, -0.05) is 19.1 Å². The molecule has 0 spiro atoms. The highest BCUT2D eigenvalue weighted by Gasteiger charge is 2.24. The Hall–Kier alpha value is -1.48. The standard InChI is InChI=1S/C21H33N3O4S/c1-18-7-11-23(12-8-18)10-2-9-22-21(25)20-5-3-19(4-6-20)17-29(26,27)24-13-15-28-16-14-24/h3-6,18H,2,7-17H2,1H3,(H,22,25). The van der Waals surface area contributed by atoms with Crippen LogP contribution in [0.2, 0.25) is 0 Å². The molecule has 7 nitrogen and oxygen atoms in total. The predicted octanol–water partition coefficient (Wildman–Crippen LogP) is 1.70. The van der Waals surface area contributed by atoms with Gasteiger partial charge in [-0.25, -0.2) is 8.42 Å². The zero-order valence-electron chi connectivity index (χ0n) is 17.3. The van der Waals surface area contributed by atoms with Crippen LogP contribution < -0.4 is 5.32 Å². The van der Waals surface area contributed by atoms with Gasteiger partial charge in [0.05, 0.1) is 19.0 Å². The van der Waals surface area contributed by atoms with Gasteiger partial charge in [0.25, 0.3) is 5.91 Å². The molecule has 1 N–H and O–H groups in total. The van der Waals surface area contributed by atoms with Gasteiger partial charge in [0.1, 0.15) is 0 Å². The maximum atomic E-state index is 12.5. The zero-order chi connectivity index (χ0) is 20.7. The first kappa shape index (κ1) is 22.2. The van der Waals surface area contributed by atoms with Crippen LogP contribution in [0.4, 0.5) is 0 Å². The molecule has 3 rings (SSSR count). The van der Waals surface area contributed by atoms with Gasteiger partial charge in [-0.3, -0.25) is 4.79 Å². The average molecular weight is 424 g/mol. The van der Waals surface area contributed by atoms with Crippen molar-refractivity contribution < 1.29 is 17.9 Å². The number of hydrogen-bond acceptors (Lipinski definition) is 5. The van der Waals surface area contributed by atoms with E-state index in [-0.39, 0.29) is 11.7 Å². The molecule has 0 aromatic heterocycles. The summed E-state index contributed by atoms with van der Waals surface area (Å²) in [5, 5.41) is 2.96. The van der Waals surface area contributed by atoms with Crippen molar-refractivity contribution in [1.29, 1.82) is 0 Å². The summed E-state index contributed by atoms with van der Waals surface area (Å²) >= 11 is 0. The molecule has 29 heavy (non-hydrogen) atoms. The molecule has 0 atom stereocenters. The van der Waals surface area contributed by atoms with Crippen LogP contribution in [0, 0.1) is 5.92 Å². The molecule has 2 saturated heterocycles. The van der Waals surface area contributed by atoms with E-state index in [1.165, 1.54) is 17.1 Å².